The predicted molar refractivity (Wildman–Crippen MR) is 133 cm³/mol. The minimum absolute atomic E-state index is 0.0926. The van der Waals surface area contributed by atoms with Crippen molar-refractivity contribution in [1.82, 2.24) is 14.7 Å². The molecule has 0 heterocycles. The normalized spacial score (nSPS) is 7.33. The Kier molecular flexibility index (Phi) is 58.1. The second-order valence-corrected chi connectivity index (χ2v) is 6.88. The second-order valence-electron chi connectivity index (χ2n) is 6.88. The van der Waals surface area contributed by atoms with Gasteiger partial charge in [-0.3, -0.25) is 19.2 Å². The maximum atomic E-state index is 10.1. The molecule has 0 saturated heterocycles. The number of Topliss-reactive ketones (excluding diaryl/α,β-unsaturated/α-hetero) is 1. The van der Waals surface area contributed by atoms with E-state index in [1.807, 2.05) is 26.0 Å². The van der Waals surface area contributed by atoms with Gasteiger partial charge in [0.2, 0.25) is 11.8 Å². The fraction of sp³-hybridized carbons (Fsp3) is 0.773. The number of ketones is 1. The van der Waals surface area contributed by atoms with Gasteiger partial charge >= 0.3 is 11.9 Å². The van der Waals surface area contributed by atoms with Gasteiger partial charge in [-0.1, -0.05) is 0 Å². The Morgan fingerprint density at radius 2 is 0.545 bits per heavy atom. The molecule has 2 amide bonds. The average molecular weight is 486 g/mol. The lowest BCUT2D eigenvalue weighted by atomic mass is 10.6. The van der Waals surface area contributed by atoms with E-state index >= 15 is 0 Å². The van der Waals surface area contributed by atoms with Crippen LogP contribution in [0.5, 0.6) is 0 Å². The number of hydrogen-bond acceptors (Lipinski definition) is 9. The highest BCUT2D eigenvalue weighted by Crippen LogP contribution is 1.70. The molecule has 0 bridgehead atoms. The Balaban J connectivity index is -0.0000000483. The fourth-order valence-electron chi connectivity index (χ4n) is 0. The molecule has 0 atom stereocenters. The van der Waals surface area contributed by atoms with Crippen LogP contribution in [0, 0.1) is 0 Å². The molecule has 0 aromatic rings. The summed E-state index contributed by atoms with van der Waals surface area (Å²) in [5.74, 6) is -0.139. The molecule has 0 aliphatic carbocycles. The molecule has 33 heavy (non-hydrogen) atoms. The van der Waals surface area contributed by atoms with Crippen molar-refractivity contribution in [3.63, 3.8) is 0 Å². The van der Waals surface area contributed by atoms with E-state index in [0.29, 0.717) is 0 Å². The van der Waals surface area contributed by atoms with Crippen LogP contribution in [0.15, 0.2) is 0 Å². The number of nitrogens with zero attached hydrogens (tertiary/aromatic N) is 3. The number of carbonyl (C=O) groups is 5. The molecule has 0 spiro atoms. The van der Waals surface area contributed by atoms with Crippen molar-refractivity contribution in [3.8, 4) is 0 Å². The van der Waals surface area contributed by atoms with Crippen LogP contribution in [0.1, 0.15) is 41.5 Å². The van der Waals surface area contributed by atoms with E-state index in [4.69, 9.17) is 0 Å². The highest BCUT2D eigenvalue weighted by Gasteiger charge is 1.88. The molecular formula is C22H51N3O8. The van der Waals surface area contributed by atoms with Gasteiger partial charge in [0.05, 0.1) is 14.2 Å². The summed E-state index contributed by atoms with van der Waals surface area (Å²) in [6, 6.07) is 0. The van der Waals surface area contributed by atoms with Gasteiger partial charge in [-0.2, -0.15) is 0 Å². The summed E-state index contributed by atoms with van der Waals surface area (Å²) in [6.07, 6.45) is 0. The van der Waals surface area contributed by atoms with E-state index in [0.717, 1.165) is 0 Å². The van der Waals surface area contributed by atoms with Crippen LogP contribution in [0.25, 0.3) is 0 Å². The molecule has 11 nitrogen and oxygen atoms in total. The molecule has 0 aromatic heterocycles. The van der Waals surface area contributed by atoms with Crippen LogP contribution in [-0.2, 0) is 38.2 Å². The molecule has 0 aliphatic heterocycles. The van der Waals surface area contributed by atoms with E-state index in [-0.39, 0.29) is 29.5 Å². The van der Waals surface area contributed by atoms with E-state index in [1.165, 1.54) is 65.6 Å². The van der Waals surface area contributed by atoms with Crippen LogP contribution < -0.4 is 0 Å². The second kappa shape index (κ2) is 39.9. The summed E-state index contributed by atoms with van der Waals surface area (Å²) < 4.78 is 12.5. The number of amides is 2. The molecule has 0 rings (SSSR count). The Hall–Kier alpha value is -2.53. The van der Waals surface area contributed by atoms with Crippen LogP contribution in [-0.4, -0.2) is 122 Å². The maximum Gasteiger partial charge on any atom is 0.302 e. The molecule has 0 fully saturated rings. The third kappa shape index (κ3) is 248. The lowest BCUT2D eigenvalue weighted by molar-refractivity contribution is -0.138. The van der Waals surface area contributed by atoms with Crippen molar-refractivity contribution in [2.75, 3.05) is 77.8 Å². The monoisotopic (exact) mass is 485 g/mol. The topological polar surface area (TPSA) is 123 Å². The van der Waals surface area contributed by atoms with Crippen LogP contribution in [0.4, 0.5) is 0 Å². The SMILES string of the molecule is CC(=O)N(C)C.CC(=O)N(C)C.CC(C)=O.CN(C)C.COC.COC(C)=O.COC(C)=O. The number of rotatable bonds is 0. The smallest absolute Gasteiger partial charge is 0.302 e. The van der Waals surface area contributed by atoms with Crippen LogP contribution in [0.3, 0.4) is 0 Å². The lowest BCUT2D eigenvalue weighted by Crippen LogP contribution is -2.17. The molecule has 0 aliphatic rings. The van der Waals surface area contributed by atoms with E-state index in [1.54, 1.807) is 42.4 Å². The van der Waals surface area contributed by atoms with E-state index < -0.39 is 0 Å². The Labute approximate surface area is 202 Å². The predicted octanol–water partition coefficient (Wildman–Crippen LogP) is 1.58. The standard InChI is InChI=1S/2C4H9NO.C3H9N.2C3H6O2.C3H6O.C2H6O/c2*1-4(6)5(2)3;1-4(2)3;2*1-3(4)5-2;1-3(2)4;1-3-2/h2*1-3H3;1-3H3;2*1-2H3;1-2H3;1-2H3. The van der Waals surface area contributed by atoms with Gasteiger partial charge in [-0.05, 0) is 35.0 Å². The molecule has 0 unspecified atom stereocenters. The zero-order valence-electron chi connectivity index (χ0n) is 24.1. The van der Waals surface area contributed by atoms with Gasteiger partial charge in [0.1, 0.15) is 5.78 Å². The zero-order valence-corrected chi connectivity index (χ0v) is 24.1. The summed E-state index contributed by atoms with van der Waals surface area (Å²) in [4.78, 5) is 53.8. The third-order valence-electron chi connectivity index (χ3n) is 1.83. The van der Waals surface area contributed by atoms with Gasteiger partial charge in [0, 0.05) is 70.1 Å². The molecule has 0 radical (unpaired) electrons. The Morgan fingerprint density at radius 3 is 0.545 bits per heavy atom. The zero-order chi connectivity index (χ0) is 28.7. The van der Waals surface area contributed by atoms with Crippen molar-refractivity contribution >= 4 is 29.5 Å². The molecule has 0 aromatic carbocycles. The van der Waals surface area contributed by atoms with Crippen LogP contribution in [0.2, 0.25) is 0 Å². The number of ether oxygens (including phenoxy) is 3. The Morgan fingerprint density at radius 1 is 0.485 bits per heavy atom. The quantitative estimate of drug-likeness (QED) is 0.470. The van der Waals surface area contributed by atoms with Gasteiger partial charge in [-0.15, -0.1) is 0 Å². The van der Waals surface area contributed by atoms with E-state index in [2.05, 4.69) is 14.2 Å². The van der Waals surface area contributed by atoms with Gasteiger partial charge < -0.3 is 33.7 Å². The molecule has 202 valence electrons. The molecule has 11 heteroatoms. The number of methoxy groups -OCH3 is 3. The summed E-state index contributed by atoms with van der Waals surface area (Å²) in [7, 11) is 18.8. The van der Waals surface area contributed by atoms with Crippen molar-refractivity contribution in [1.29, 1.82) is 0 Å². The minimum Gasteiger partial charge on any atom is -0.469 e. The average Bonchev–Trinajstić information content (AvgIpc) is 2.62. The minimum atomic E-state index is -0.245. The van der Waals surface area contributed by atoms with Crippen molar-refractivity contribution in [2.24, 2.45) is 0 Å². The summed E-state index contributed by atoms with van der Waals surface area (Å²) >= 11 is 0. The van der Waals surface area contributed by atoms with Crippen molar-refractivity contribution < 1.29 is 38.2 Å². The summed E-state index contributed by atoms with van der Waals surface area (Å²) in [5, 5.41) is 0. The third-order valence-corrected chi connectivity index (χ3v) is 1.83. The van der Waals surface area contributed by atoms with Crippen molar-refractivity contribution in [2.45, 2.75) is 41.5 Å². The summed E-state index contributed by atoms with van der Waals surface area (Å²) in [6.45, 7) is 8.83. The lowest BCUT2D eigenvalue weighted by Gasteiger charge is -2.02. The first-order valence-electron chi connectivity index (χ1n) is 9.64. The first-order valence-corrected chi connectivity index (χ1v) is 9.64. The van der Waals surface area contributed by atoms with Gasteiger partial charge in [0.25, 0.3) is 0 Å². The number of esters is 2. The van der Waals surface area contributed by atoms with Gasteiger partial charge in [0.15, 0.2) is 0 Å². The molecule has 0 N–H and O–H groups in total. The number of carbonyl (C=O) groups excluding carboxylic acids is 5. The highest BCUT2D eigenvalue weighted by molar-refractivity contribution is 5.72. The van der Waals surface area contributed by atoms with Crippen LogP contribution >= 0.6 is 0 Å². The fourth-order valence-corrected chi connectivity index (χ4v) is 0. The molecule has 0 saturated carbocycles. The maximum absolute atomic E-state index is 10.1. The van der Waals surface area contributed by atoms with Gasteiger partial charge in [-0.25, -0.2) is 0 Å². The largest absolute Gasteiger partial charge is 0.469 e. The first-order chi connectivity index (χ1) is 14.7. The highest BCUT2D eigenvalue weighted by atomic mass is 16.5. The summed E-state index contributed by atoms with van der Waals surface area (Å²) in [5.41, 5.74) is 0. The first kappa shape index (κ1) is 48.0. The molecular weight excluding hydrogens is 434 g/mol. The van der Waals surface area contributed by atoms with E-state index in [9.17, 15) is 24.0 Å². The van der Waals surface area contributed by atoms with Crippen molar-refractivity contribution in [3.05, 3.63) is 0 Å². The number of hydrogen-bond donors (Lipinski definition) is 0. The Bertz CT molecular complexity index is 428.